The van der Waals surface area contributed by atoms with Crippen molar-refractivity contribution < 1.29 is 4.79 Å². The zero-order valence-electron chi connectivity index (χ0n) is 10.7. The van der Waals surface area contributed by atoms with Crippen LogP contribution in [0.1, 0.15) is 43.6 Å². The SMILES string of the molecule is CC1CCCC(C)N1NC(=O)c1ncccc1Br. The highest BCUT2D eigenvalue weighted by molar-refractivity contribution is 9.10. The van der Waals surface area contributed by atoms with Gasteiger partial charge in [-0.3, -0.25) is 10.2 Å². The summed E-state index contributed by atoms with van der Waals surface area (Å²) in [4.78, 5) is 16.3. The standard InChI is InChI=1S/C13H18BrN3O/c1-9-5-3-6-10(2)17(9)16-13(18)12-11(14)7-4-8-15-12/h4,7-10H,3,5-6H2,1-2H3,(H,16,18). The number of carbonyl (C=O) groups is 1. The Morgan fingerprint density at radius 2 is 2.11 bits per heavy atom. The number of nitrogens with zero attached hydrogens (tertiary/aromatic N) is 2. The molecular formula is C13H18BrN3O. The second kappa shape index (κ2) is 5.80. The summed E-state index contributed by atoms with van der Waals surface area (Å²) in [6, 6.07) is 4.37. The number of nitrogens with one attached hydrogen (secondary N) is 1. The Morgan fingerprint density at radius 3 is 2.72 bits per heavy atom. The summed E-state index contributed by atoms with van der Waals surface area (Å²) in [6.07, 6.45) is 5.09. The number of pyridine rings is 1. The largest absolute Gasteiger partial charge is 0.285 e. The molecule has 1 N–H and O–H groups in total. The fourth-order valence-corrected chi connectivity index (χ4v) is 2.80. The molecule has 0 aliphatic carbocycles. The maximum Gasteiger partial charge on any atom is 0.285 e. The quantitative estimate of drug-likeness (QED) is 0.913. The van der Waals surface area contributed by atoms with Crippen molar-refractivity contribution in [2.45, 2.75) is 45.2 Å². The molecule has 0 radical (unpaired) electrons. The Morgan fingerprint density at radius 1 is 1.44 bits per heavy atom. The molecule has 98 valence electrons. The van der Waals surface area contributed by atoms with Gasteiger partial charge >= 0.3 is 0 Å². The first-order valence-corrected chi connectivity index (χ1v) is 7.08. The van der Waals surface area contributed by atoms with Gasteiger partial charge in [0.15, 0.2) is 0 Å². The van der Waals surface area contributed by atoms with E-state index in [1.807, 2.05) is 11.1 Å². The van der Waals surface area contributed by atoms with Crippen LogP contribution in [-0.4, -0.2) is 28.0 Å². The Kier molecular flexibility index (Phi) is 4.35. The van der Waals surface area contributed by atoms with Crippen LogP contribution in [0.3, 0.4) is 0 Å². The summed E-state index contributed by atoms with van der Waals surface area (Å²) in [5, 5.41) is 2.05. The molecule has 0 saturated carbocycles. The molecular weight excluding hydrogens is 294 g/mol. The summed E-state index contributed by atoms with van der Waals surface area (Å²) in [5.74, 6) is -0.150. The number of hydrogen-bond donors (Lipinski definition) is 1. The van der Waals surface area contributed by atoms with E-state index in [4.69, 9.17) is 0 Å². The lowest BCUT2D eigenvalue weighted by atomic mass is 10.00. The third kappa shape index (κ3) is 2.90. The van der Waals surface area contributed by atoms with Crippen molar-refractivity contribution in [3.05, 3.63) is 28.5 Å². The number of carbonyl (C=O) groups excluding carboxylic acids is 1. The van der Waals surface area contributed by atoms with Gasteiger partial charge in [0, 0.05) is 22.8 Å². The van der Waals surface area contributed by atoms with Crippen LogP contribution in [0.5, 0.6) is 0 Å². The van der Waals surface area contributed by atoms with Gasteiger partial charge in [0.2, 0.25) is 0 Å². The summed E-state index contributed by atoms with van der Waals surface area (Å²) in [6.45, 7) is 4.28. The third-order valence-electron chi connectivity index (χ3n) is 3.40. The highest BCUT2D eigenvalue weighted by Gasteiger charge is 2.27. The van der Waals surface area contributed by atoms with Gasteiger partial charge in [-0.1, -0.05) is 6.42 Å². The van der Waals surface area contributed by atoms with Crippen molar-refractivity contribution in [2.75, 3.05) is 0 Å². The average molecular weight is 312 g/mol. The van der Waals surface area contributed by atoms with Crippen molar-refractivity contribution in [3.8, 4) is 0 Å². The third-order valence-corrected chi connectivity index (χ3v) is 4.04. The molecule has 4 nitrogen and oxygen atoms in total. The summed E-state index contributed by atoms with van der Waals surface area (Å²) < 4.78 is 0.722. The molecule has 0 aromatic carbocycles. The predicted octanol–water partition coefficient (Wildman–Crippen LogP) is 2.75. The van der Waals surface area contributed by atoms with Crippen LogP contribution < -0.4 is 5.43 Å². The summed E-state index contributed by atoms with van der Waals surface area (Å²) >= 11 is 3.35. The molecule has 1 aliphatic rings. The van der Waals surface area contributed by atoms with E-state index in [0.717, 1.165) is 17.3 Å². The van der Waals surface area contributed by atoms with Gasteiger partial charge in [-0.15, -0.1) is 0 Å². The fourth-order valence-electron chi connectivity index (χ4n) is 2.36. The van der Waals surface area contributed by atoms with Gasteiger partial charge in [0.25, 0.3) is 5.91 Å². The smallest absolute Gasteiger partial charge is 0.283 e. The van der Waals surface area contributed by atoms with E-state index in [1.54, 1.807) is 12.3 Å². The fraction of sp³-hybridized carbons (Fsp3) is 0.538. The molecule has 18 heavy (non-hydrogen) atoms. The molecule has 1 saturated heterocycles. The maximum atomic E-state index is 12.2. The lowest BCUT2D eigenvalue weighted by molar-refractivity contribution is 0.0365. The first-order valence-electron chi connectivity index (χ1n) is 6.29. The molecule has 0 spiro atoms. The van der Waals surface area contributed by atoms with E-state index >= 15 is 0 Å². The minimum Gasteiger partial charge on any atom is -0.283 e. The van der Waals surface area contributed by atoms with Crippen LogP contribution in [0.4, 0.5) is 0 Å². The monoisotopic (exact) mass is 311 g/mol. The van der Waals surface area contributed by atoms with E-state index in [-0.39, 0.29) is 5.91 Å². The molecule has 0 bridgehead atoms. The first-order chi connectivity index (χ1) is 8.59. The molecule has 2 heterocycles. The minimum atomic E-state index is -0.150. The van der Waals surface area contributed by atoms with Crippen LogP contribution in [0, 0.1) is 0 Å². The number of hydrazine groups is 1. The maximum absolute atomic E-state index is 12.2. The van der Waals surface area contributed by atoms with Crippen LogP contribution in [0.15, 0.2) is 22.8 Å². The van der Waals surface area contributed by atoms with Crippen molar-refractivity contribution in [3.63, 3.8) is 0 Å². The average Bonchev–Trinajstić information content (AvgIpc) is 2.34. The van der Waals surface area contributed by atoms with E-state index in [2.05, 4.69) is 40.2 Å². The second-order valence-corrected chi connectivity index (χ2v) is 5.67. The van der Waals surface area contributed by atoms with Crippen molar-refractivity contribution in [2.24, 2.45) is 0 Å². The van der Waals surface area contributed by atoms with Gasteiger partial charge in [-0.25, -0.2) is 9.99 Å². The second-order valence-electron chi connectivity index (χ2n) is 4.81. The predicted molar refractivity (Wildman–Crippen MR) is 74.0 cm³/mol. The van der Waals surface area contributed by atoms with Crippen LogP contribution in [0.25, 0.3) is 0 Å². The normalized spacial score (nSPS) is 24.8. The van der Waals surface area contributed by atoms with Gasteiger partial charge in [-0.05, 0) is 54.8 Å². The van der Waals surface area contributed by atoms with Gasteiger partial charge in [-0.2, -0.15) is 0 Å². The zero-order chi connectivity index (χ0) is 13.1. The molecule has 2 rings (SSSR count). The first kappa shape index (κ1) is 13.5. The topological polar surface area (TPSA) is 45.2 Å². The van der Waals surface area contributed by atoms with Crippen LogP contribution in [-0.2, 0) is 0 Å². The van der Waals surface area contributed by atoms with Gasteiger partial charge in [0.05, 0.1) is 0 Å². The van der Waals surface area contributed by atoms with E-state index in [1.165, 1.54) is 6.42 Å². The van der Waals surface area contributed by atoms with Crippen LogP contribution in [0.2, 0.25) is 0 Å². The highest BCUT2D eigenvalue weighted by Crippen LogP contribution is 2.21. The Labute approximate surface area is 116 Å². The van der Waals surface area contributed by atoms with E-state index in [0.29, 0.717) is 17.8 Å². The molecule has 1 aromatic heterocycles. The Hall–Kier alpha value is -0.940. The zero-order valence-corrected chi connectivity index (χ0v) is 12.3. The summed E-state index contributed by atoms with van der Waals surface area (Å²) in [5.41, 5.74) is 3.41. The summed E-state index contributed by atoms with van der Waals surface area (Å²) in [7, 11) is 0. The Balaban J connectivity index is 2.09. The van der Waals surface area contributed by atoms with Crippen LogP contribution >= 0.6 is 15.9 Å². The number of amides is 1. The molecule has 2 unspecified atom stereocenters. The molecule has 1 aliphatic heterocycles. The van der Waals surface area contributed by atoms with Crippen molar-refractivity contribution in [1.29, 1.82) is 0 Å². The van der Waals surface area contributed by atoms with Gasteiger partial charge < -0.3 is 0 Å². The number of piperidine rings is 1. The Bertz CT molecular complexity index is 428. The highest BCUT2D eigenvalue weighted by atomic mass is 79.9. The van der Waals surface area contributed by atoms with Gasteiger partial charge in [0.1, 0.15) is 5.69 Å². The number of halogens is 1. The molecule has 5 heteroatoms. The van der Waals surface area contributed by atoms with E-state index in [9.17, 15) is 4.79 Å². The van der Waals surface area contributed by atoms with E-state index < -0.39 is 0 Å². The lowest BCUT2D eigenvalue weighted by Crippen LogP contribution is -2.54. The molecule has 1 aromatic rings. The molecule has 1 fully saturated rings. The lowest BCUT2D eigenvalue weighted by Gasteiger charge is -2.38. The number of hydrogen-bond acceptors (Lipinski definition) is 3. The molecule has 2 atom stereocenters. The van der Waals surface area contributed by atoms with Crippen molar-refractivity contribution >= 4 is 21.8 Å². The minimum absolute atomic E-state index is 0.150. The number of aromatic nitrogens is 1. The molecule has 1 amide bonds. The number of rotatable bonds is 2. The van der Waals surface area contributed by atoms with Crippen molar-refractivity contribution in [1.82, 2.24) is 15.4 Å².